The van der Waals surface area contributed by atoms with Gasteiger partial charge in [0.1, 0.15) is 5.75 Å². The van der Waals surface area contributed by atoms with E-state index in [0.717, 1.165) is 29.0 Å². The van der Waals surface area contributed by atoms with Crippen molar-refractivity contribution < 1.29 is 14.2 Å². The summed E-state index contributed by atoms with van der Waals surface area (Å²) in [6.45, 7) is 2.55. The Morgan fingerprint density at radius 3 is 2.67 bits per heavy atom. The maximum atomic E-state index is 6.17. The van der Waals surface area contributed by atoms with E-state index < -0.39 is 6.23 Å². The zero-order valence-electron chi connectivity index (χ0n) is 15.2. The second kappa shape index (κ2) is 7.49. The van der Waals surface area contributed by atoms with Gasteiger partial charge in [0.2, 0.25) is 5.88 Å². The molecule has 138 valence electrons. The number of nitrogens with one attached hydrogen (secondary N) is 1. The van der Waals surface area contributed by atoms with Crippen LogP contribution in [0.15, 0.2) is 48.5 Å². The summed E-state index contributed by atoms with van der Waals surface area (Å²) in [7, 11) is 1.64. The molecule has 7 nitrogen and oxygen atoms in total. The topological polar surface area (TPSA) is 78.4 Å². The SMILES string of the molecule is CCCOc1nnc2c(n1)OC(c1ccc(OC)cc1)Nc1ccccc1-2. The van der Waals surface area contributed by atoms with Gasteiger partial charge in [0.25, 0.3) is 0 Å². The van der Waals surface area contributed by atoms with E-state index in [1.165, 1.54) is 0 Å². The van der Waals surface area contributed by atoms with E-state index >= 15 is 0 Å². The Kier molecular flexibility index (Phi) is 4.74. The Balaban J connectivity index is 1.75. The number of hydrogen-bond acceptors (Lipinski definition) is 7. The van der Waals surface area contributed by atoms with Gasteiger partial charge in [-0.15, -0.1) is 5.10 Å². The molecule has 7 heteroatoms. The van der Waals surface area contributed by atoms with Crippen LogP contribution >= 0.6 is 0 Å². The highest BCUT2D eigenvalue weighted by Crippen LogP contribution is 2.39. The number of nitrogens with zero attached hydrogens (tertiary/aromatic N) is 3. The smallest absolute Gasteiger partial charge is 0.339 e. The summed E-state index contributed by atoms with van der Waals surface area (Å²) in [6, 6.07) is 15.8. The minimum Gasteiger partial charge on any atom is -0.497 e. The zero-order chi connectivity index (χ0) is 18.6. The van der Waals surface area contributed by atoms with Gasteiger partial charge in [0, 0.05) is 16.8 Å². The van der Waals surface area contributed by atoms with Crippen molar-refractivity contribution in [2.45, 2.75) is 19.6 Å². The van der Waals surface area contributed by atoms with Crippen LogP contribution in [0.2, 0.25) is 0 Å². The first kappa shape index (κ1) is 17.1. The number of aromatic nitrogens is 3. The summed E-state index contributed by atoms with van der Waals surface area (Å²) in [6.07, 6.45) is 0.425. The molecule has 0 bridgehead atoms. The molecule has 0 fully saturated rings. The van der Waals surface area contributed by atoms with Crippen molar-refractivity contribution in [3.05, 3.63) is 54.1 Å². The Hall–Kier alpha value is -3.35. The normalized spacial score (nSPS) is 14.8. The molecule has 1 aliphatic rings. The maximum absolute atomic E-state index is 6.17. The summed E-state index contributed by atoms with van der Waals surface area (Å²) >= 11 is 0. The largest absolute Gasteiger partial charge is 0.497 e. The van der Waals surface area contributed by atoms with E-state index in [0.29, 0.717) is 18.2 Å². The second-order valence-electron chi connectivity index (χ2n) is 6.06. The number of fused-ring (bicyclic) bond motifs is 3. The molecule has 1 aromatic heterocycles. The van der Waals surface area contributed by atoms with Crippen LogP contribution in [-0.2, 0) is 0 Å². The highest BCUT2D eigenvalue weighted by molar-refractivity contribution is 5.79. The molecule has 1 atom stereocenters. The molecule has 0 saturated carbocycles. The van der Waals surface area contributed by atoms with Crippen molar-refractivity contribution >= 4 is 5.69 Å². The van der Waals surface area contributed by atoms with Crippen LogP contribution in [0.25, 0.3) is 11.3 Å². The molecule has 0 spiro atoms. The van der Waals surface area contributed by atoms with Gasteiger partial charge in [-0.1, -0.05) is 30.2 Å². The number of hydrogen-bond donors (Lipinski definition) is 1. The van der Waals surface area contributed by atoms with Crippen molar-refractivity contribution in [3.8, 4) is 28.9 Å². The van der Waals surface area contributed by atoms with Gasteiger partial charge in [-0.2, -0.15) is 4.98 Å². The first-order chi connectivity index (χ1) is 13.3. The molecule has 0 aliphatic carbocycles. The van der Waals surface area contributed by atoms with Gasteiger partial charge < -0.3 is 19.5 Å². The first-order valence-corrected chi connectivity index (χ1v) is 8.82. The minimum atomic E-state index is -0.436. The van der Waals surface area contributed by atoms with Gasteiger partial charge in [-0.05, 0) is 36.8 Å². The van der Waals surface area contributed by atoms with E-state index in [1.807, 2.05) is 55.5 Å². The number of para-hydroxylation sites is 1. The third-order valence-electron chi connectivity index (χ3n) is 4.19. The minimum absolute atomic E-state index is 0.212. The predicted molar refractivity (Wildman–Crippen MR) is 101 cm³/mol. The van der Waals surface area contributed by atoms with Gasteiger partial charge >= 0.3 is 6.01 Å². The molecular weight excluding hydrogens is 344 g/mol. The lowest BCUT2D eigenvalue weighted by molar-refractivity contribution is 0.218. The van der Waals surface area contributed by atoms with Crippen LogP contribution in [0.1, 0.15) is 25.1 Å². The van der Waals surface area contributed by atoms with Crippen molar-refractivity contribution in [3.63, 3.8) is 0 Å². The molecule has 2 aromatic carbocycles. The van der Waals surface area contributed by atoms with Crippen molar-refractivity contribution in [1.82, 2.24) is 15.2 Å². The number of methoxy groups -OCH3 is 1. The van der Waals surface area contributed by atoms with Gasteiger partial charge in [-0.3, -0.25) is 0 Å². The summed E-state index contributed by atoms with van der Waals surface area (Å²) in [5.74, 6) is 1.17. The quantitative estimate of drug-likeness (QED) is 0.737. The highest BCUT2D eigenvalue weighted by Gasteiger charge is 2.26. The van der Waals surface area contributed by atoms with Crippen molar-refractivity contribution in [2.24, 2.45) is 0 Å². The van der Waals surface area contributed by atoms with Gasteiger partial charge in [0.05, 0.1) is 13.7 Å². The average Bonchev–Trinajstić information content (AvgIpc) is 2.88. The standard InChI is InChI=1S/C20H20N4O3/c1-3-12-26-20-22-19-17(23-24-20)15-6-4-5-7-16(15)21-18(27-19)13-8-10-14(25-2)11-9-13/h4-11,18,21H,3,12H2,1-2H3. The summed E-state index contributed by atoms with van der Waals surface area (Å²) in [4.78, 5) is 4.44. The van der Waals surface area contributed by atoms with Gasteiger partial charge in [-0.25, -0.2) is 0 Å². The van der Waals surface area contributed by atoms with E-state index in [4.69, 9.17) is 14.2 Å². The lowest BCUT2D eigenvalue weighted by Gasteiger charge is -2.19. The van der Waals surface area contributed by atoms with E-state index in [9.17, 15) is 0 Å². The molecule has 1 unspecified atom stereocenters. The van der Waals surface area contributed by atoms with Crippen LogP contribution in [-0.4, -0.2) is 28.9 Å². The molecule has 0 radical (unpaired) electrons. The highest BCUT2D eigenvalue weighted by atomic mass is 16.5. The molecule has 1 N–H and O–H groups in total. The first-order valence-electron chi connectivity index (χ1n) is 8.82. The molecule has 4 rings (SSSR count). The van der Waals surface area contributed by atoms with E-state index in [1.54, 1.807) is 7.11 Å². The van der Waals surface area contributed by atoms with Crippen LogP contribution in [0.4, 0.5) is 5.69 Å². The van der Waals surface area contributed by atoms with Crippen molar-refractivity contribution in [1.29, 1.82) is 0 Å². The fourth-order valence-corrected chi connectivity index (χ4v) is 2.83. The van der Waals surface area contributed by atoms with Crippen LogP contribution in [0, 0.1) is 0 Å². The van der Waals surface area contributed by atoms with Gasteiger partial charge in [0.15, 0.2) is 11.9 Å². The third kappa shape index (κ3) is 3.48. The van der Waals surface area contributed by atoms with Crippen LogP contribution in [0.5, 0.6) is 17.6 Å². The summed E-state index contributed by atoms with van der Waals surface area (Å²) < 4.78 is 16.9. The Labute approximate surface area is 157 Å². The van der Waals surface area contributed by atoms with Crippen LogP contribution < -0.4 is 19.5 Å². The third-order valence-corrected chi connectivity index (χ3v) is 4.19. The Morgan fingerprint density at radius 2 is 1.89 bits per heavy atom. The maximum Gasteiger partial charge on any atom is 0.339 e. The number of anilines is 1. The molecule has 0 saturated heterocycles. The molecule has 3 aromatic rings. The molecular formula is C20H20N4O3. The number of rotatable bonds is 5. The fraction of sp³-hybridized carbons (Fsp3) is 0.250. The second-order valence-corrected chi connectivity index (χ2v) is 6.06. The Morgan fingerprint density at radius 1 is 1.07 bits per heavy atom. The van der Waals surface area contributed by atoms with Crippen molar-refractivity contribution in [2.75, 3.05) is 19.0 Å². The fourth-order valence-electron chi connectivity index (χ4n) is 2.83. The van der Waals surface area contributed by atoms with E-state index in [2.05, 4.69) is 20.5 Å². The van der Waals surface area contributed by atoms with Crippen LogP contribution in [0.3, 0.4) is 0 Å². The lowest BCUT2D eigenvalue weighted by atomic mass is 10.1. The number of ether oxygens (including phenoxy) is 3. The monoisotopic (exact) mass is 364 g/mol. The lowest BCUT2D eigenvalue weighted by Crippen LogP contribution is -2.17. The average molecular weight is 364 g/mol. The summed E-state index contributed by atoms with van der Waals surface area (Å²) in [5.41, 5.74) is 3.30. The zero-order valence-corrected chi connectivity index (χ0v) is 15.2. The summed E-state index contributed by atoms with van der Waals surface area (Å²) in [5, 5.41) is 11.8. The molecule has 0 amide bonds. The number of benzene rings is 2. The predicted octanol–water partition coefficient (Wildman–Crippen LogP) is 3.84. The molecule has 27 heavy (non-hydrogen) atoms. The Bertz CT molecular complexity index is 931. The molecule has 2 heterocycles. The molecule has 1 aliphatic heterocycles. The van der Waals surface area contributed by atoms with E-state index in [-0.39, 0.29) is 6.01 Å².